The molecule has 2 saturated heterocycles. The first-order valence-electron chi connectivity index (χ1n) is 11.2. The number of piperazine rings is 1. The molecule has 0 N–H and O–H groups in total. The Balaban J connectivity index is 1.49. The van der Waals surface area contributed by atoms with Crippen molar-refractivity contribution < 1.29 is 18.8 Å². The van der Waals surface area contributed by atoms with Crippen molar-refractivity contribution >= 4 is 29.3 Å². The number of amides is 3. The Morgan fingerprint density at radius 1 is 0.848 bits per heavy atom. The molecular weight excluding hydrogens is 445 g/mol. The zero-order chi connectivity index (χ0) is 23.6. The van der Waals surface area contributed by atoms with Gasteiger partial charge in [0.2, 0.25) is 11.8 Å². The highest BCUT2D eigenvalue weighted by molar-refractivity contribution is 6.33. The highest BCUT2D eigenvalue weighted by atomic mass is 35.5. The fourth-order valence-corrected chi connectivity index (χ4v) is 5.08. The van der Waals surface area contributed by atoms with E-state index < -0.39 is 11.2 Å². The average Bonchev–Trinajstić information content (AvgIpc) is 2.84. The molecule has 174 valence electrons. The Morgan fingerprint density at radius 3 is 2.03 bits per heavy atom. The molecular formula is C25H27ClFN3O3. The number of benzene rings is 2. The summed E-state index contributed by atoms with van der Waals surface area (Å²) in [5.74, 6) is -0.687. The number of hydrogen-bond acceptors (Lipinski definition) is 3. The summed E-state index contributed by atoms with van der Waals surface area (Å²) in [7, 11) is 0. The van der Waals surface area contributed by atoms with Crippen molar-refractivity contribution in [3.8, 4) is 0 Å². The second-order valence-electron chi connectivity index (χ2n) is 8.66. The lowest BCUT2D eigenvalue weighted by molar-refractivity contribution is -0.143. The Bertz CT molecular complexity index is 1050. The third kappa shape index (κ3) is 4.60. The summed E-state index contributed by atoms with van der Waals surface area (Å²) in [6.07, 6.45) is 1.14. The van der Waals surface area contributed by atoms with E-state index in [9.17, 15) is 18.8 Å². The molecule has 4 rings (SSSR count). The minimum absolute atomic E-state index is 0.0238. The van der Waals surface area contributed by atoms with E-state index in [1.807, 2.05) is 35.2 Å². The number of likely N-dealkylation sites (tertiary alicyclic amines) is 1. The zero-order valence-electron chi connectivity index (χ0n) is 18.6. The summed E-state index contributed by atoms with van der Waals surface area (Å²) in [6.45, 7) is 4.21. The van der Waals surface area contributed by atoms with Crippen LogP contribution in [0.15, 0.2) is 48.5 Å². The van der Waals surface area contributed by atoms with Crippen LogP contribution in [-0.2, 0) is 15.0 Å². The molecule has 0 unspecified atom stereocenters. The van der Waals surface area contributed by atoms with E-state index in [1.54, 1.807) is 16.7 Å². The fraction of sp³-hybridized carbons (Fsp3) is 0.400. The summed E-state index contributed by atoms with van der Waals surface area (Å²) in [6, 6.07) is 13.5. The first kappa shape index (κ1) is 23.2. The van der Waals surface area contributed by atoms with Gasteiger partial charge in [0.1, 0.15) is 5.82 Å². The number of hydrogen-bond donors (Lipinski definition) is 0. The lowest BCUT2D eigenvalue weighted by Crippen LogP contribution is -2.58. The SMILES string of the molecule is CC(=O)N1CCC(C(=O)N2CCN(C(=O)c3ccc(F)cc3Cl)CC2)(c2ccccc2)CC1. The van der Waals surface area contributed by atoms with Crippen molar-refractivity contribution in [3.05, 3.63) is 70.5 Å². The third-order valence-corrected chi connectivity index (χ3v) is 7.13. The Morgan fingerprint density at radius 2 is 1.45 bits per heavy atom. The summed E-state index contributed by atoms with van der Waals surface area (Å²) >= 11 is 6.06. The van der Waals surface area contributed by atoms with Gasteiger partial charge < -0.3 is 14.7 Å². The van der Waals surface area contributed by atoms with Crippen LogP contribution >= 0.6 is 11.6 Å². The van der Waals surface area contributed by atoms with Gasteiger partial charge in [-0.05, 0) is 36.6 Å². The van der Waals surface area contributed by atoms with Crippen LogP contribution in [0.5, 0.6) is 0 Å². The molecule has 8 heteroatoms. The number of rotatable bonds is 3. The number of piperidine rings is 1. The van der Waals surface area contributed by atoms with Crippen molar-refractivity contribution in [2.45, 2.75) is 25.2 Å². The lowest BCUT2D eigenvalue weighted by Gasteiger charge is -2.45. The first-order chi connectivity index (χ1) is 15.8. The van der Waals surface area contributed by atoms with Crippen molar-refractivity contribution in [2.75, 3.05) is 39.3 Å². The molecule has 0 radical (unpaired) electrons. The Kier molecular flexibility index (Phi) is 6.70. The van der Waals surface area contributed by atoms with Gasteiger partial charge in [-0.25, -0.2) is 4.39 Å². The molecule has 0 atom stereocenters. The largest absolute Gasteiger partial charge is 0.343 e. The maximum atomic E-state index is 13.8. The van der Waals surface area contributed by atoms with Gasteiger partial charge in [0.25, 0.3) is 5.91 Å². The van der Waals surface area contributed by atoms with E-state index >= 15 is 0 Å². The predicted molar refractivity (Wildman–Crippen MR) is 124 cm³/mol. The van der Waals surface area contributed by atoms with Crippen molar-refractivity contribution in [1.29, 1.82) is 0 Å². The van der Waals surface area contributed by atoms with E-state index in [0.29, 0.717) is 52.1 Å². The molecule has 0 aliphatic carbocycles. The molecule has 2 aliphatic heterocycles. The monoisotopic (exact) mass is 471 g/mol. The number of carbonyl (C=O) groups excluding carboxylic acids is 3. The fourth-order valence-electron chi connectivity index (χ4n) is 4.84. The molecule has 2 aromatic carbocycles. The van der Waals surface area contributed by atoms with Crippen LogP contribution in [0.25, 0.3) is 0 Å². The summed E-state index contributed by atoms with van der Waals surface area (Å²) in [5.41, 5.74) is 0.546. The van der Waals surface area contributed by atoms with Gasteiger partial charge in [0, 0.05) is 46.2 Å². The van der Waals surface area contributed by atoms with Crippen LogP contribution in [0.1, 0.15) is 35.7 Å². The van der Waals surface area contributed by atoms with E-state index in [1.165, 1.54) is 12.1 Å². The van der Waals surface area contributed by atoms with Gasteiger partial charge in [-0.3, -0.25) is 14.4 Å². The number of carbonyl (C=O) groups is 3. The summed E-state index contributed by atoms with van der Waals surface area (Å²) in [5, 5.41) is 0.0822. The molecule has 2 fully saturated rings. The van der Waals surface area contributed by atoms with E-state index in [4.69, 9.17) is 11.6 Å². The van der Waals surface area contributed by atoms with Gasteiger partial charge >= 0.3 is 0 Å². The van der Waals surface area contributed by atoms with Crippen LogP contribution in [0.4, 0.5) is 4.39 Å². The third-order valence-electron chi connectivity index (χ3n) is 6.81. The zero-order valence-corrected chi connectivity index (χ0v) is 19.4. The first-order valence-corrected chi connectivity index (χ1v) is 11.5. The van der Waals surface area contributed by atoms with Gasteiger partial charge in [0.05, 0.1) is 16.0 Å². The lowest BCUT2D eigenvalue weighted by atomic mass is 9.71. The predicted octanol–water partition coefficient (Wildman–Crippen LogP) is 3.34. The topological polar surface area (TPSA) is 60.9 Å². The van der Waals surface area contributed by atoms with Crippen LogP contribution in [0.2, 0.25) is 5.02 Å². The van der Waals surface area contributed by atoms with Crippen LogP contribution in [0.3, 0.4) is 0 Å². The summed E-state index contributed by atoms with van der Waals surface area (Å²) < 4.78 is 13.3. The molecule has 33 heavy (non-hydrogen) atoms. The smallest absolute Gasteiger partial charge is 0.255 e. The maximum Gasteiger partial charge on any atom is 0.255 e. The molecule has 2 heterocycles. The molecule has 0 bridgehead atoms. The molecule has 6 nitrogen and oxygen atoms in total. The van der Waals surface area contributed by atoms with Crippen LogP contribution in [-0.4, -0.2) is 71.7 Å². The van der Waals surface area contributed by atoms with E-state index in [-0.39, 0.29) is 28.3 Å². The quantitative estimate of drug-likeness (QED) is 0.689. The standard InChI is InChI=1S/C25H27ClFN3O3/c1-18(31)28-11-9-25(10-12-28,19-5-3-2-4-6-19)24(33)30-15-13-29(14-16-30)23(32)21-8-7-20(27)17-22(21)26/h2-8,17H,9-16H2,1H3. The summed E-state index contributed by atoms with van der Waals surface area (Å²) in [4.78, 5) is 43.8. The maximum absolute atomic E-state index is 13.8. The van der Waals surface area contributed by atoms with Gasteiger partial charge in [-0.2, -0.15) is 0 Å². The van der Waals surface area contributed by atoms with Crippen LogP contribution in [0, 0.1) is 5.82 Å². The van der Waals surface area contributed by atoms with Gasteiger partial charge in [-0.15, -0.1) is 0 Å². The Hall–Kier alpha value is -2.93. The van der Waals surface area contributed by atoms with Crippen molar-refractivity contribution in [3.63, 3.8) is 0 Å². The normalized spacial score (nSPS) is 18.2. The van der Waals surface area contributed by atoms with Gasteiger partial charge in [0.15, 0.2) is 0 Å². The second kappa shape index (κ2) is 9.51. The number of halogens is 2. The van der Waals surface area contributed by atoms with E-state index in [0.717, 1.165) is 11.6 Å². The molecule has 0 aromatic heterocycles. The van der Waals surface area contributed by atoms with Crippen molar-refractivity contribution in [2.24, 2.45) is 0 Å². The van der Waals surface area contributed by atoms with E-state index in [2.05, 4.69) is 0 Å². The molecule has 2 aromatic rings. The highest BCUT2D eigenvalue weighted by Crippen LogP contribution is 2.38. The molecule has 2 aliphatic rings. The van der Waals surface area contributed by atoms with Gasteiger partial charge in [-0.1, -0.05) is 41.9 Å². The minimum atomic E-state index is -0.681. The molecule has 0 saturated carbocycles. The average molecular weight is 472 g/mol. The number of nitrogens with zero attached hydrogens (tertiary/aromatic N) is 3. The Labute approximate surface area is 197 Å². The molecule has 3 amide bonds. The molecule has 0 spiro atoms. The van der Waals surface area contributed by atoms with Crippen molar-refractivity contribution in [1.82, 2.24) is 14.7 Å². The minimum Gasteiger partial charge on any atom is -0.343 e. The highest BCUT2D eigenvalue weighted by Gasteiger charge is 2.46. The second-order valence-corrected chi connectivity index (χ2v) is 9.07. The van der Waals surface area contributed by atoms with Crippen LogP contribution < -0.4 is 0 Å².